The molecule has 0 aliphatic carbocycles. The molecule has 0 fully saturated rings. The van der Waals surface area contributed by atoms with Gasteiger partial charge in [0.25, 0.3) is 0 Å². The van der Waals surface area contributed by atoms with Crippen molar-refractivity contribution in [2.75, 3.05) is 7.05 Å². The fourth-order valence-electron chi connectivity index (χ4n) is 1.15. The second kappa shape index (κ2) is 3.91. The van der Waals surface area contributed by atoms with Crippen LogP contribution in [0.4, 0.5) is 0 Å². The molecule has 0 aromatic rings. The van der Waals surface area contributed by atoms with Crippen LogP contribution in [0.2, 0.25) is 0 Å². The van der Waals surface area contributed by atoms with E-state index in [0.29, 0.717) is 6.04 Å². The van der Waals surface area contributed by atoms with Crippen LogP contribution in [0.3, 0.4) is 0 Å². The van der Waals surface area contributed by atoms with Crippen molar-refractivity contribution in [1.82, 2.24) is 5.32 Å². The van der Waals surface area contributed by atoms with E-state index in [4.69, 9.17) is 0 Å². The summed E-state index contributed by atoms with van der Waals surface area (Å²) in [5.41, 5.74) is 1.52. The number of likely N-dealkylation sites (N-methyl/N-ethyl adjacent to an activating group) is 1. The lowest BCUT2D eigenvalue weighted by Gasteiger charge is -2.28. The fourth-order valence-corrected chi connectivity index (χ4v) is 1.15. The number of rotatable bonds is 3. The van der Waals surface area contributed by atoms with E-state index in [1.54, 1.807) is 0 Å². The third-order valence-electron chi connectivity index (χ3n) is 2.14. The first-order chi connectivity index (χ1) is 4.93. The van der Waals surface area contributed by atoms with Crippen LogP contribution < -0.4 is 5.32 Å². The first kappa shape index (κ1) is 10.7. The Morgan fingerprint density at radius 2 is 1.91 bits per heavy atom. The van der Waals surface area contributed by atoms with E-state index in [1.165, 1.54) is 5.57 Å². The molecule has 1 atom stereocenters. The van der Waals surface area contributed by atoms with Crippen LogP contribution in [0.1, 0.15) is 34.1 Å². The van der Waals surface area contributed by atoms with E-state index < -0.39 is 0 Å². The van der Waals surface area contributed by atoms with Gasteiger partial charge in [0, 0.05) is 6.04 Å². The van der Waals surface area contributed by atoms with Crippen LogP contribution in [0.25, 0.3) is 0 Å². The highest BCUT2D eigenvalue weighted by molar-refractivity contribution is 5.12. The summed E-state index contributed by atoms with van der Waals surface area (Å²) in [7, 11) is 1.99. The van der Waals surface area contributed by atoms with E-state index in [-0.39, 0.29) is 5.41 Å². The number of nitrogens with one attached hydrogen (secondary N) is 1. The lowest BCUT2D eigenvalue weighted by Crippen LogP contribution is -2.31. The topological polar surface area (TPSA) is 12.0 Å². The van der Waals surface area contributed by atoms with E-state index in [0.717, 1.165) is 6.42 Å². The second-order valence-corrected chi connectivity index (χ2v) is 4.02. The van der Waals surface area contributed by atoms with Crippen molar-refractivity contribution in [3.8, 4) is 0 Å². The van der Waals surface area contributed by atoms with Gasteiger partial charge in [0.05, 0.1) is 0 Å². The van der Waals surface area contributed by atoms with Gasteiger partial charge in [-0.2, -0.15) is 0 Å². The zero-order valence-electron chi connectivity index (χ0n) is 8.49. The van der Waals surface area contributed by atoms with Gasteiger partial charge >= 0.3 is 0 Å². The normalized spacial score (nSPS) is 14.6. The minimum Gasteiger partial charge on any atom is -0.313 e. The van der Waals surface area contributed by atoms with Gasteiger partial charge in [-0.1, -0.05) is 39.8 Å². The Hall–Kier alpha value is -0.300. The quantitative estimate of drug-likeness (QED) is 0.618. The molecule has 0 saturated carbocycles. The molecule has 1 unspecified atom stereocenters. The molecule has 1 nitrogen and oxygen atoms in total. The molecule has 0 radical (unpaired) electrons. The molecular weight excluding hydrogens is 134 g/mol. The Morgan fingerprint density at radius 3 is 2.00 bits per heavy atom. The van der Waals surface area contributed by atoms with Crippen LogP contribution in [0.15, 0.2) is 12.2 Å². The lowest BCUT2D eigenvalue weighted by atomic mass is 9.82. The second-order valence-electron chi connectivity index (χ2n) is 4.02. The van der Waals surface area contributed by atoms with Crippen molar-refractivity contribution < 1.29 is 0 Å². The Balaban J connectivity index is 4.22. The highest BCUT2D eigenvalue weighted by Gasteiger charge is 2.20. The van der Waals surface area contributed by atoms with Crippen LogP contribution in [-0.2, 0) is 0 Å². The highest BCUT2D eigenvalue weighted by Crippen LogP contribution is 2.27. The van der Waals surface area contributed by atoms with Crippen LogP contribution in [-0.4, -0.2) is 13.1 Å². The summed E-state index contributed by atoms with van der Waals surface area (Å²) in [6, 6.07) is 0.468. The summed E-state index contributed by atoms with van der Waals surface area (Å²) < 4.78 is 0. The van der Waals surface area contributed by atoms with Gasteiger partial charge in [-0.15, -0.1) is 0 Å². The van der Waals surface area contributed by atoms with Gasteiger partial charge in [0.15, 0.2) is 0 Å². The number of hydrogen-bond donors (Lipinski definition) is 1. The first-order valence-electron chi connectivity index (χ1n) is 4.30. The molecule has 1 N–H and O–H groups in total. The van der Waals surface area contributed by atoms with Crippen LogP contribution >= 0.6 is 0 Å². The van der Waals surface area contributed by atoms with Gasteiger partial charge in [0.1, 0.15) is 0 Å². The fraction of sp³-hybridized carbons (Fsp3) is 0.800. The van der Waals surface area contributed by atoms with Crippen molar-refractivity contribution in [1.29, 1.82) is 0 Å². The maximum atomic E-state index is 4.11. The lowest BCUT2D eigenvalue weighted by molar-refractivity contribution is 0.434. The third-order valence-corrected chi connectivity index (χ3v) is 2.14. The number of hydrogen-bond acceptors (Lipinski definition) is 1. The molecule has 0 aromatic heterocycles. The molecule has 1 heteroatoms. The van der Waals surface area contributed by atoms with Crippen molar-refractivity contribution in [3.05, 3.63) is 12.2 Å². The smallest absolute Gasteiger partial charge is 0.0276 e. The molecule has 66 valence electrons. The SMILES string of the molecule is C=C(C(CC)NC)C(C)(C)C. The summed E-state index contributed by atoms with van der Waals surface area (Å²) in [4.78, 5) is 0. The summed E-state index contributed by atoms with van der Waals surface area (Å²) in [6.07, 6.45) is 1.12. The molecule has 0 heterocycles. The standard InChI is InChI=1S/C10H21N/c1-7-9(11-6)8(2)10(3,4)5/h9,11H,2,7H2,1,3-6H3. The third kappa shape index (κ3) is 3.06. The predicted molar refractivity (Wildman–Crippen MR) is 51.7 cm³/mol. The Labute approximate surface area is 70.9 Å². The van der Waals surface area contributed by atoms with Crippen molar-refractivity contribution >= 4 is 0 Å². The van der Waals surface area contributed by atoms with Gasteiger partial charge in [-0.05, 0) is 18.9 Å². The van der Waals surface area contributed by atoms with E-state index in [2.05, 4.69) is 39.6 Å². The molecule has 0 spiro atoms. The van der Waals surface area contributed by atoms with E-state index in [9.17, 15) is 0 Å². The van der Waals surface area contributed by atoms with Gasteiger partial charge in [0.2, 0.25) is 0 Å². The summed E-state index contributed by atoms with van der Waals surface area (Å²) in [5, 5.41) is 3.26. The minimum absolute atomic E-state index is 0.226. The molecule has 0 aliphatic heterocycles. The molecule has 0 amide bonds. The van der Waals surface area contributed by atoms with Gasteiger partial charge < -0.3 is 5.32 Å². The molecule has 0 bridgehead atoms. The molecule has 0 rings (SSSR count). The molecule has 0 aliphatic rings. The van der Waals surface area contributed by atoms with E-state index >= 15 is 0 Å². The highest BCUT2D eigenvalue weighted by atomic mass is 14.9. The maximum absolute atomic E-state index is 4.11. The summed E-state index contributed by atoms with van der Waals surface area (Å²) >= 11 is 0. The zero-order valence-corrected chi connectivity index (χ0v) is 8.49. The molecular formula is C10H21N. The molecule has 0 saturated heterocycles. The monoisotopic (exact) mass is 155 g/mol. The largest absolute Gasteiger partial charge is 0.313 e. The maximum Gasteiger partial charge on any atom is 0.0276 e. The van der Waals surface area contributed by atoms with E-state index in [1.807, 2.05) is 7.05 Å². The Bertz CT molecular complexity index is 126. The van der Waals surface area contributed by atoms with Gasteiger partial charge in [-0.3, -0.25) is 0 Å². The predicted octanol–water partition coefficient (Wildman–Crippen LogP) is 2.59. The minimum atomic E-state index is 0.226. The molecule has 0 aromatic carbocycles. The first-order valence-corrected chi connectivity index (χ1v) is 4.30. The Kier molecular flexibility index (Phi) is 3.81. The average molecular weight is 155 g/mol. The van der Waals surface area contributed by atoms with Crippen molar-refractivity contribution in [3.63, 3.8) is 0 Å². The van der Waals surface area contributed by atoms with Gasteiger partial charge in [-0.25, -0.2) is 0 Å². The molecule has 11 heavy (non-hydrogen) atoms. The van der Waals surface area contributed by atoms with Crippen LogP contribution in [0, 0.1) is 5.41 Å². The average Bonchev–Trinajstić information content (AvgIpc) is 1.88. The summed E-state index contributed by atoms with van der Waals surface area (Å²) in [6.45, 7) is 12.9. The van der Waals surface area contributed by atoms with Crippen LogP contribution in [0.5, 0.6) is 0 Å². The summed E-state index contributed by atoms with van der Waals surface area (Å²) in [5.74, 6) is 0. The zero-order chi connectivity index (χ0) is 9.07. The Morgan fingerprint density at radius 1 is 1.45 bits per heavy atom. The van der Waals surface area contributed by atoms with Crippen molar-refractivity contribution in [2.24, 2.45) is 5.41 Å². The van der Waals surface area contributed by atoms with Crippen molar-refractivity contribution in [2.45, 2.75) is 40.2 Å².